The van der Waals surface area contributed by atoms with Crippen LogP contribution in [0.5, 0.6) is 0 Å². The zero-order valence-electron chi connectivity index (χ0n) is 16.1. The van der Waals surface area contributed by atoms with E-state index in [0.29, 0.717) is 0 Å². The van der Waals surface area contributed by atoms with Crippen LogP contribution in [0.3, 0.4) is 0 Å². The summed E-state index contributed by atoms with van der Waals surface area (Å²) in [6, 6.07) is -0.202. The summed E-state index contributed by atoms with van der Waals surface area (Å²) in [5, 5.41) is 9.16. The lowest BCUT2D eigenvalue weighted by Crippen LogP contribution is -2.36. The van der Waals surface area contributed by atoms with Gasteiger partial charge in [-0.2, -0.15) is 0 Å². The molecule has 1 saturated heterocycles. The fraction of sp³-hybridized carbons (Fsp3) is 0.952. The van der Waals surface area contributed by atoms with Gasteiger partial charge in [0, 0.05) is 0 Å². The third-order valence-electron chi connectivity index (χ3n) is 5.45. The van der Waals surface area contributed by atoms with Crippen molar-refractivity contribution in [1.82, 2.24) is 4.90 Å². The van der Waals surface area contributed by atoms with Crippen molar-refractivity contribution < 1.29 is 9.90 Å². The summed E-state index contributed by atoms with van der Waals surface area (Å²) in [7, 11) is 0. The molecular formula is C21H41NO2. The second kappa shape index (κ2) is 14.7. The molecule has 142 valence electrons. The van der Waals surface area contributed by atoms with E-state index >= 15 is 0 Å². The predicted octanol–water partition coefficient (Wildman–Crippen LogP) is 6.02. The minimum Gasteiger partial charge on any atom is -0.480 e. The topological polar surface area (TPSA) is 40.5 Å². The van der Waals surface area contributed by atoms with E-state index in [9.17, 15) is 4.79 Å². The molecule has 1 atom stereocenters. The van der Waals surface area contributed by atoms with E-state index in [-0.39, 0.29) is 6.04 Å². The van der Waals surface area contributed by atoms with Gasteiger partial charge in [0.2, 0.25) is 0 Å². The van der Waals surface area contributed by atoms with Crippen molar-refractivity contribution in [3.63, 3.8) is 0 Å². The average molecular weight is 340 g/mol. The number of aliphatic carboxylic acids is 1. The highest BCUT2D eigenvalue weighted by atomic mass is 16.4. The minimum absolute atomic E-state index is 0.202. The first-order valence-electron chi connectivity index (χ1n) is 10.7. The van der Waals surface area contributed by atoms with Gasteiger partial charge in [-0.3, -0.25) is 9.69 Å². The second-order valence-corrected chi connectivity index (χ2v) is 7.63. The van der Waals surface area contributed by atoms with Crippen LogP contribution in [0.2, 0.25) is 0 Å². The monoisotopic (exact) mass is 339 g/mol. The molecule has 1 heterocycles. The maximum atomic E-state index is 11.1. The summed E-state index contributed by atoms with van der Waals surface area (Å²) in [4.78, 5) is 13.3. The normalized spacial score (nSPS) is 18.3. The molecule has 1 aliphatic rings. The predicted molar refractivity (Wildman–Crippen MR) is 103 cm³/mol. The Balaban J connectivity index is 1.79. The molecule has 1 rings (SSSR count). The highest BCUT2D eigenvalue weighted by Crippen LogP contribution is 2.18. The Kier molecular flexibility index (Phi) is 13.2. The van der Waals surface area contributed by atoms with Gasteiger partial charge >= 0.3 is 5.97 Å². The molecule has 0 aliphatic carbocycles. The number of nitrogens with zero attached hydrogens (tertiary/aromatic N) is 1. The lowest BCUT2D eigenvalue weighted by Gasteiger charge is -2.20. The van der Waals surface area contributed by atoms with Gasteiger partial charge in [0.25, 0.3) is 0 Å². The molecule has 0 bridgehead atoms. The Bertz CT molecular complexity index is 306. The highest BCUT2D eigenvalue weighted by Gasteiger charge is 2.29. The van der Waals surface area contributed by atoms with E-state index in [1.165, 1.54) is 89.9 Å². The van der Waals surface area contributed by atoms with Crippen molar-refractivity contribution in [2.24, 2.45) is 0 Å². The summed E-state index contributed by atoms with van der Waals surface area (Å²) < 4.78 is 0. The van der Waals surface area contributed by atoms with Gasteiger partial charge in [0.05, 0.1) is 0 Å². The Hall–Kier alpha value is -0.570. The molecule has 24 heavy (non-hydrogen) atoms. The smallest absolute Gasteiger partial charge is 0.320 e. The Morgan fingerprint density at radius 1 is 0.833 bits per heavy atom. The lowest BCUT2D eigenvalue weighted by molar-refractivity contribution is -0.142. The summed E-state index contributed by atoms with van der Waals surface area (Å²) in [6.45, 7) is 4.24. The molecule has 0 aromatic heterocycles. The number of hydrogen-bond acceptors (Lipinski definition) is 2. The first-order chi connectivity index (χ1) is 11.8. The number of hydrogen-bond donors (Lipinski definition) is 1. The minimum atomic E-state index is -0.627. The molecule has 0 radical (unpaired) electrons. The van der Waals surface area contributed by atoms with Crippen LogP contribution in [0.25, 0.3) is 0 Å². The van der Waals surface area contributed by atoms with Gasteiger partial charge in [-0.1, -0.05) is 90.4 Å². The summed E-state index contributed by atoms with van der Waals surface area (Å²) >= 11 is 0. The van der Waals surface area contributed by atoms with Crippen LogP contribution < -0.4 is 0 Å². The van der Waals surface area contributed by atoms with Gasteiger partial charge < -0.3 is 5.11 Å². The van der Waals surface area contributed by atoms with E-state index in [4.69, 9.17) is 5.11 Å². The quantitative estimate of drug-likeness (QED) is 0.350. The third kappa shape index (κ3) is 10.3. The molecule has 3 nitrogen and oxygen atoms in total. The van der Waals surface area contributed by atoms with Crippen LogP contribution in [0.4, 0.5) is 0 Å². The lowest BCUT2D eigenvalue weighted by atomic mass is 10.0. The number of unbranched alkanes of at least 4 members (excludes halogenated alkanes) is 13. The molecule has 0 aromatic rings. The summed E-state index contributed by atoms with van der Waals surface area (Å²) in [6.07, 6.45) is 21.1. The number of likely N-dealkylation sites (tertiary alicyclic amines) is 1. The Morgan fingerprint density at radius 2 is 1.29 bits per heavy atom. The molecule has 3 heteroatoms. The fourth-order valence-corrected chi connectivity index (χ4v) is 3.88. The molecular weight excluding hydrogens is 298 g/mol. The van der Waals surface area contributed by atoms with Crippen LogP contribution >= 0.6 is 0 Å². The largest absolute Gasteiger partial charge is 0.480 e. The van der Waals surface area contributed by atoms with Crippen molar-refractivity contribution in [3.05, 3.63) is 0 Å². The van der Waals surface area contributed by atoms with Crippen molar-refractivity contribution >= 4 is 5.97 Å². The maximum Gasteiger partial charge on any atom is 0.320 e. The number of rotatable bonds is 16. The molecule has 0 spiro atoms. The first kappa shape index (κ1) is 21.5. The molecule has 1 N–H and O–H groups in total. The molecule has 0 amide bonds. The Labute approximate surface area is 150 Å². The second-order valence-electron chi connectivity index (χ2n) is 7.63. The average Bonchev–Trinajstić information content (AvgIpc) is 3.04. The first-order valence-corrected chi connectivity index (χ1v) is 10.7. The fourth-order valence-electron chi connectivity index (χ4n) is 3.88. The Morgan fingerprint density at radius 3 is 1.75 bits per heavy atom. The van der Waals surface area contributed by atoms with Crippen molar-refractivity contribution in [2.45, 2.75) is 116 Å². The van der Waals surface area contributed by atoms with Crippen LogP contribution in [0.1, 0.15) is 110 Å². The van der Waals surface area contributed by atoms with Gasteiger partial charge in [0.15, 0.2) is 0 Å². The van der Waals surface area contributed by atoms with Crippen LogP contribution in [-0.4, -0.2) is 35.1 Å². The van der Waals surface area contributed by atoms with E-state index in [1.807, 2.05) is 0 Å². The molecule has 1 aliphatic heterocycles. The van der Waals surface area contributed by atoms with Crippen LogP contribution in [-0.2, 0) is 4.79 Å². The summed E-state index contributed by atoms with van der Waals surface area (Å²) in [5.41, 5.74) is 0. The van der Waals surface area contributed by atoms with E-state index in [0.717, 1.165) is 25.9 Å². The number of carboxylic acid groups (broad SMARTS) is 1. The zero-order valence-corrected chi connectivity index (χ0v) is 16.1. The standard InChI is InChI=1S/C21H41NO2/c1-2-3-4-5-6-7-8-9-10-11-12-13-14-15-18-22-19-16-17-20(22)21(23)24/h20H,2-19H2,1H3,(H,23,24). The highest BCUT2D eigenvalue weighted by molar-refractivity contribution is 5.73. The molecule has 0 saturated carbocycles. The third-order valence-corrected chi connectivity index (χ3v) is 5.45. The SMILES string of the molecule is CCCCCCCCCCCCCCCCN1CCCC1C(=O)O. The van der Waals surface area contributed by atoms with Gasteiger partial charge in [0.1, 0.15) is 6.04 Å². The number of carbonyl (C=O) groups is 1. The van der Waals surface area contributed by atoms with Gasteiger partial charge in [-0.05, 0) is 32.4 Å². The summed E-state index contributed by atoms with van der Waals surface area (Å²) in [5.74, 6) is -0.627. The van der Waals surface area contributed by atoms with Gasteiger partial charge in [-0.15, -0.1) is 0 Å². The molecule has 0 aromatic carbocycles. The van der Waals surface area contributed by atoms with Crippen molar-refractivity contribution in [2.75, 3.05) is 13.1 Å². The van der Waals surface area contributed by atoms with Crippen molar-refractivity contribution in [3.8, 4) is 0 Å². The van der Waals surface area contributed by atoms with Gasteiger partial charge in [-0.25, -0.2) is 0 Å². The number of carboxylic acids is 1. The maximum absolute atomic E-state index is 11.1. The van der Waals surface area contributed by atoms with E-state index < -0.39 is 5.97 Å². The molecule has 1 fully saturated rings. The van der Waals surface area contributed by atoms with Crippen LogP contribution in [0.15, 0.2) is 0 Å². The van der Waals surface area contributed by atoms with Crippen LogP contribution in [0, 0.1) is 0 Å². The van der Waals surface area contributed by atoms with Crippen molar-refractivity contribution in [1.29, 1.82) is 0 Å². The van der Waals surface area contributed by atoms with E-state index in [1.54, 1.807) is 0 Å². The zero-order chi connectivity index (χ0) is 17.5. The molecule has 1 unspecified atom stereocenters. The van der Waals surface area contributed by atoms with E-state index in [2.05, 4.69) is 11.8 Å².